The summed E-state index contributed by atoms with van der Waals surface area (Å²) >= 11 is 0. The molecule has 0 spiro atoms. The Kier molecular flexibility index (Phi) is 5.98. The maximum absolute atomic E-state index is 11.9. The van der Waals surface area contributed by atoms with E-state index in [0.717, 1.165) is 31.2 Å². The lowest BCUT2D eigenvalue weighted by Gasteiger charge is -2.29. The zero-order valence-corrected chi connectivity index (χ0v) is 13.4. The number of carbonyl (C=O) groups excluding carboxylic acids is 1. The number of ether oxygens (including phenoxy) is 1. The third-order valence-electron chi connectivity index (χ3n) is 4.19. The van der Waals surface area contributed by atoms with Crippen molar-refractivity contribution in [3.8, 4) is 0 Å². The molecule has 0 aromatic heterocycles. The molecule has 0 radical (unpaired) electrons. The van der Waals surface area contributed by atoms with Crippen LogP contribution >= 0.6 is 0 Å². The molecule has 1 saturated carbocycles. The fraction of sp³-hybridized carbons (Fsp3) is 0.529. The summed E-state index contributed by atoms with van der Waals surface area (Å²) in [6, 6.07) is 6.21. The van der Waals surface area contributed by atoms with Crippen molar-refractivity contribution in [2.75, 3.05) is 13.2 Å². The van der Waals surface area contributed by atoms with Gasteiger partial charge in [-0.15, -0.1) is 0 Å². The molecule has 1 fully saturated rings. The first-order chi connectivity index (χ1) is 11.0. The van der Waals surface area contributed by atoms with Gasteiger partial charge in [0.1, 0.15) is 0 Å². The summed E-state index contributed by atoms with van der Waals surface area (Å²) in [5, 5.41) is 14.5. The monoisotopic (exact) mass is 320 g/mol. The third kappa shape index (κ3) is 4.96. The lowest BCUT2D eigenvalue weighted by Crippen LogP contribution is -2.46. The predicted octanol–water partition coefficient (Wildman–Crippen LogP) is 2.53. The average Bonchev–Trinajstić information content (AvgIpc) is 3.00. The number of carboxylic acids is 1. The first kappa shape index (κ1) is 17.3. The van der Waals surface area contributed by atoms with Gasteiger partial charge >= 0.3 is 12.0 Å². The van der Waals surface area contributed by atoms with Gasteiger partial charge in [0.05, 0.1) is 11.2 Å². The number of hydrogen-bond acceptors (Lipinski definition) is 3. The van der Waals surface area contributed by atoms with E-state index in [1.807, 2.05) is 6.92 Å². The minimum atomic E-state index is -0.958. The summed E-state index contributed by atoms with van der Waals surface area (Å²) in [5.41, 5.74) is 0.874. The van der Waals surface area contributed by atoms with E-state index in [2.05, 4.69) is 10.6 Å². The molecule has 0 heterocycles. The van der Waals surface area contributed by atoms with Crippen LogP contribution in [0.4, 0.5) is 4.79 Å². The van der Waals surface area contributed by atoms with Gasteiger partial charge in [-0.25, -0.2) is 9.59 Å². The smallest absolute Gasteiger partial charge is 0.335 e. The maximum atomic E-state index is 11.9. The molecule has 126 valence electrons. The molecule has 2 amide bonds. The van der Waals surface area contributed by atoms with E-state index in [4.69, 9.17) is 9.84 Å². The molecule has 1 aromatic rings. The van der Waals surface area contributed by atoms with E-state index in [0.29, 0.717) is 19.7 Å². The van der Waals surface area contributed by atoms with Gasteiger partial charge < -0.3 is 20.5 Å². The van der Waals surface area contributed by atoms with Crippen LogP contribution < -0.4 is 10.6 Å². The van der Waals surface area contributed by atoms with Gasteiger partial charge in [0.2, 0.25) is 0 Å². The van der Waals surface area contributed by atoms with E-state index < -0.39 is 5.97 Å². The molecule has 0 saturated heterocycles. The van der Waals surface area contributed by atoms with Crippen LogP contribution in [0.2, 0.25) is 0 Å². The minimum absolute atomic E-state index is 0.213. The molecule has 6 heteroatoms. The van der Waals surface area contributed by atoms with E-state index in [1.54, 1.807) is 12.1 Å². The molecule has 1 aliphatic rings. The van der Waals surface area contributed by atoms with Crippen molar-refractivity contribution in [2.45, 2.75) is 44.8 Å². The Morgan fingerprint density at radius 1 is 1.17 bits per heavy atom. The Bertz CT molecular complexity index is 536. The Balaban J connectivity index is 1.77. The van der Waals surface area contributed by atoms with E-state index in [9.17, 15) is 9.59 Å². The first-order valence-electron chi connectivity index (χ1n) is 8.02. The second-order valence-electron chi connectivity index (χ2n) is 5.86. The zero-order valence-electron chi connectivity index (χ0n) is 13.4. The lowest BCUT2D eigenvalue weighted by molar-refractivity contribution is -0.0307. The molecular formula is C17H24N2O4. The molecule has 1 aromatic carbocycles. The normalized spacial score (nSPS) is 16.0. The molecule has 3 N–H and O–H groups in total. The van der Waals surface area contributed by atoms with Gasteiger partial charge in [0.15, 0.2) is 0 Å². The number of urea groups is 1. The van der Waals surface area contributed by atoms with E-state index >= 15 is 0 Å². The van der Waals surface area contributed by atoms with Crippen LogP contribution in [-0.2, 0) is 11.3 Å². The van der Waals surface area contributed by atoms with Gasteiger partial charge in [-0.1, -0.05) is 25.0 Å². The average molecular weight is 320 g/mol. The second-order valence-corrected chi connectivity index (χ2v) is 5.86. The number of benzene rings is 1. The van der Waals surface area contributed by atoms with Crippen LogP contribution in [0.15, 0.2) is 24.3 Å². The molecular weight excluding hydrogens is 296 g/mol. The van der Waals surface area contributed by atoms with Gasteiger partial charge in [0, 0.05) is 19.7 Å². The quantitative estimate of drug-likeness (QED) is 0.720. The van der Waals surface area contributed by atoms with E-state index in [-0.39, 0.29) is 17.2 Å². The van der Waals surface area contributed by atoms with Crippen molar-refractivity contribution in [1.29, 1.82) is 0 Å². The fourth-order valence-electron chi connectivity index (χ4n) is 2.95. The number of amides is 2. The van der Waals surface area contributed by atoms with Crippen molar-refractivity contribution in [1.82, 2.24) is 10.6 Å². The second kappa shape index (κ2) is 7.97. The standard InChI is InChI=1S/C17H24N2O4/c1-2-23-17(9-3-4-10-17)12-19-16(22)18-11-13-5-7-14(8-6-13)15(20)21/h5-8H,2-4,9-12H2,1H3,(H,20,21)(H2,18,19,22). The van der Waals surface area contributed by atoms with Crippen molar-refractivity contribution in [3.63, 3.8) is 0 Å². The number of aromatic carboxylic acids is 1. The van der Waals surface area contributed by atoms with Crippen LogP contribution in [-0.4, -0.2) is 35.9 Å². The molecule has 23 heavy (non-hydrogen) atoms. The van der Waals surface area contributed by atoms with Gasteiger partial charge in [-0.3, -0.25) is 0 Å². The molecule has 6 nitrogen and oxygen atoms in total. The zero-order chi connectivity index (χ0) is 16.7. The predicted molar refractivity (Wildman–Crippen MR) is 86.5 cm³/mol. The SMILES string of the molecule is CCOC1(CNC(=O)NCc2ccc(C(=O)O)cc2)CCCC1. The van der Waals surface area contributed by atoms with Crippen molar-refractivity contribution in [2.24, 2.45) is 0 Å². The largest absolute Gasteiger partial charge is 0.478 e. The number of carbonyl (C=O) groups is 2. The molecule has 0 atom stereocenters. The Hall–Kier alpha value is -2.08. The molecule has 0 unspecified atom stereocenters. The van der Waals surface area contributed by atoms with Crippen LogP contribution in [0.1, 0.15) is 48.5 Å². The first-order valence-corrected chi connectivity index (χ1v) is 8.02. The van der Waals surface area contributed by atoms with E-state index in [1.165, 1.54) is 12.1 Å². The highest BCUT2D eigenvalue weighted by Crippen LogP contribution is 2.32. The maximum Gasteiger partial charge on any atom is 0.335 e. The minimum Gasteiger partial charge on any atom is -0.478 e. The van der Waals surface area contributed by atoms with Crippen LogP contribution in [0.3, 0.4) is 0 Å². The number of carboxylic acid groups (broad SMARTS) is 1. The number of nitrogens with one attached hydrogen (secondary N) is 2. The fourth-order valence-corrected chi connectivity index (χ4v) is 2.95. The highest BCUT2D eigenvalue weighted by molar-refractivity contribution is 5.87. The van der Waals surface area contributed by atoms with Gasteiger partial charge in [0.25, 0.3) is 0 Å². The summed E-state index contributed by atoms with van der Waals surface area (Å²) in [4.78, 5) is 22.7. The van der Waals surface area contributed by atoms with Crippen LogP contribution in [0.5, 0.6) is 0 Å². The highest BCUT2D eigenvalue weighted by atomic mass is 16.5. The summed E-state index contributed by atoms with van der Waals surface area (Å²) in [5.74, 6) is -0.958. The van der Waals surface area contributed by atoms with Gasteiger partial charge in [-0.2, -0.15) is 0 Å². The van der Waals surface area contributed by atoms with Crippen LogP contribution in [0, 0.1) is 0 Å². The number of rotatable bonds is 7. The van der Waals surface area contributed by atoms with Gasteiger partial charge in [-0.05, 0) is 37.5 Å². The Morgan fingerprint density at radius 3 is 2.39 bits per heavy atom. The Labute approximate surface area is 136 Å². The molecule has 1 aliphatic carbocycles. The summed E-state index contributed by atoms with van der Waals surface area (Å²) in [6.07, 6.45) is 4.24. The molecule has 0 bridgehead atoms. The summed E-state index contributed by atoms with van der Waals surface area (Å²) < 4.78 is 5.84. The highest BCUT2D eigenvalue weighted by Gasteiger charge is 2.34. The van der Waals surface area contributed by atoms with Crippen molar-refractivity contribution in [3.05, 3.63) is 35.4 Å². The Morgan fingerprint density at radius 2 is 1.83 bits per heavy atom. The molecule has 0 aliphatic heterocycles. The number of hydrogen-bond donors (Lipinski definition) is 3. The molecule has 2 rings (SSSR count). The third-order valence-corrected chi connectivity index (χ3v) is 4.19. The topological polar surface area (TPSA) is 87.7 Å². The van der Waals surface area contributed by atoms with Crippen LogP contribution in [0.25, 0.3) is 0 Å². The summed E-state index contributed by atoms with van der Waals surface area (Å²) in [7, 11) is 0. The lowest BCUT2D eigenvalue weighted by atomic mass is 10.0. The summed E-state index contributed by atoms with van der Waals surface area (Å²) in [6.45, 7) is 3.50. The van der Waals surface area contributed by atoms with Crippen molar-refractivity contribution >= 4 is 12.0 Å². The van der Waals surface area contributed by atoms with Crippen molar-refractivity contribution < 1.29 is 19.4 Å².